The number of thioether (sulfide) groups is 1. The number of benzene rings is 1. The molecule has 98 valence electrons. The van der Waals surface area contributed by atoms with Gasteiger partial charge in [-0.3, -0.25) is 9.59 Å². The number of carbonyl (C=O) groups excluding carboxylic acids is 1. The Hall–Kier alpha value is -1.49. The second-order valence-corrected chi connectivity index (χ2v) is 4.93. The number of carboxylic acids is 1. The molecular formula is C13H17NO3S. The molecule has 5 heteroatoms. The molecule has 1 aromatic rings. The van der Waals surface area contributed by atoms with Crippen molar-refractivity contribution >= 4 is 23.6 Å². The van der Waals surface area contributed by atoms with Crippen LogP contribution in [0.2, 0.25) is 0 Å². The van der Waals surface area contributed by atoms with E-state index < -0.39 is 5.97 Å². The predicted molar refractivity (Wildman–Crippen MR) is 71.7 cm³/mol. The first kappa shape index (κ1) is 14.6. The highest BCUT2D eigenvalue weighted by Crippen LogP contribution is 2.18. The number of hydrogen-bond donors (Lipinski definition) is 2. The molecule has 0 aliphatic rings. The van der Waals surface area contributed by atoms with Crippen LogP contribution in [0.4, 0.5) is 0 Å². The molecule has 0 bridgehead atoms. The van der Waals surface area contributed by atoms with Crippen LogP contribution in [0.1, 0.15) is 19.3 Å². The van der Waals surface area contributed by atoms with Crippen molar-refractivity contribution in [3.05, 3.63) is 30.3 Å². The van der Waals surface area contributed by atoms with Crippen molar-refractivity contribution in [3.8, 4) is 0 Å². The fourth-order valence-electron chi connectivity index (χ4n) is 1.34. The van der Waals surface area contributed by atoms with E-state index >= 15 is 0 Å². The van der Waals surface area contributed by atoms with Crippen molar-refractivity contribution in [3.63, 3.8) is 0 Å². The zero-order chi connectivity index (χ0) is 13.2. The molecule has 1 aromatic carbocycles. The lowest BCUT2D eigenvalue weighted by Crippen LogP contribution is -2.25. The van der Waals surface area contributed by atoms with E-state index in [4.69, 9.17) is 5.11 Å². The molecule has 0 aliphatic heterocycles. The van der Waals surface area contributed by atoms with Gasteiger partial charge in [0.15, 0.2) is 0 Å². The fourth-order valence-corrected chi connectivity index (χ4v) is 2.21. The summed E-state index contributed by atoms with van der Waals surface area (Å²) < 4.78 is 0. The van der Waals surface area contributed by atoms with E-state index in [2.05, 4.69) is 5.32 Å². The lowest BCUT2D eigenvalue weighted by atomic mass is 10.3. The van der Waals surface area contributed by atoms with Gasteiger partial charge in [0, 0.05) is 17.9 Å². The molecule has 0 aromatic heterocycles. The number of amides is 1. The second kappa shape index (κ2) is 8.58. The summed E-state index contributed by atoms with van der Waals surface area (Å²) in [5.41, 5.74) is 0. The van der Waals surface area contributed by atoms with Crippen molar-refractivity contribution in [1.29, 1.82) is 0 Å². The van der Waals surface area contributed by atoms with E-state index in [1.807, 2.05) is 30.3 Å². The molecular weight excluding hydrogens is 250 g/mol. The smallest absolute Gasteiger partial charge is 0.305 e. The van der Waals surface area contributed by atoms with Gasteiger partial charge in [0.2, 0.25) is 5.91 Å². The predicted octanol–water partition coefficient (Wildman–Crippen LogP) is 2.15. The summed E-state index contributed by atoms with van der Waals surface area (Å²) in [5, 5.41) is 11.0. The molecule has 0 atom stereocenters. The maximum atomic E-state index is 11.3. The third kappa shape index (κ3) is 6.96. The Morgan fingerprint density at radius 2 is 1.89 bits per heavy atom. The van der Waals surface area contributed by atoms with Crippen molar-refractivity contribution in [2.24, 2.45) is 0 Å². The molecule has 1 rings (SSSR count). The van der Waals surface area contributed by atoms with Crippen LogP contribution < -0.4 is 5.32 Å². The molecule has 4 nitrogen and oxygen atoms in total. The van der Waals surface area contributed by atoms with Crippen LogP contribution in [0.5, 0.6) is 0 Å². The zero-order valence-electron chi connectivity index (χ0n) is 10.1. The summed E-state index contributed by atoms with van der Waals surface area (Å²) in [6.45, 7) is 0.208. The number of aliphatic carboxylic acids is 1. The van der Waals surface area contributed by atoms with Crippen molar-refractivity contribution in [2.75, 3.05) is 12.3 Å². The van der Waals surface area contributed by atoms with Crippen LogP contribution in [0.25, 0.3) is 0 Å². The van der Waals surface area contributed by atoms with E-state index in [1.165, 1.54) is 4.90 Å². The van der Waals surface area contributed by atoms with E-state index in [0.29, 0.717) is 6.42 Å². The van der Waals surface area contributed by atoms with Gasteiger partial charge in [0.1, 0.15) is 0 Å². The number of nitrogens with one attached hydrogen (secondary N) is 1. The molecule has 0 radical (unpaired) electrons. The average molecular weight is 267 g/mol. The van der Waals surface area contributed by atoms with Crippen LogP contribution in [0.3, 0.4) is 0 Å². The highest BCUT2D eigenvalue weighted by atomic mass is 32.2. The van der Waals surface area contributed by atoms with Gasteiger partial charge in [-0.15, -0.1) is 11.8 Å². The minimum atomic E-state index is -0.894. The van der Waals surface area contributed by atoms with Gasteiger partial charge >= 0.3 is 5.97 Å². The zero-order valence-corrected chi connectivity index (χ0v) is 10.9. The largest absolute Gasteiger partial charge is 0.481 e. The normalized spacial score (nSPS) is 10.0. The summed E-state index contributed by atoms with van der Waals surface area (Å²) >= 11 is 1.72. The highest BCUT2D eigenvalue weighted by Gasteiger charge is 2.02. The fraction of sp³-hybridized carbons (Fsp3) is 0.385. The van der Waals surface area contributed by atoms with Crippen LogP contribution in [-0.4, -0.2) is 29.3 Å². The maximum Gasteiger partial charge on any atom is 0.305 e. The molecule has 2 N–H and O–H groups in total. The lowest BCUT2D eigenvalue weighted by molar-refractivity contribution is -0.136. The van der Waals surface area contributed by atoms with Crippen LogP contribution in [0, 0.1) is 0 Å². The van der Waals surface area contributed by atoms with E-state index in [1.54, 1.807) is 11.8 Å². The molecule has 0 aliphatic carbocycles. The molecule has 1 amide bonds. The van der Waals surface area contributed by atoms with E-state index in [0.717, 1.165) is 12.2 Å². The van der Waals surface area contributed by atoms with Gasteiger partial charge in [-0.1, -0.05) is 18.2 Å². The Bertz CT molecular complexity index is 381. The number of carbonyl (C=O) groups is 2. The molecule has 0 heterocycles. The third-order valence-electron chi connectivity index (χ3n) is 2.22. The maximum absolute atomic E-state index is 11.3. The minimum absolute atomic E-state index is 0.0233. The Morgan fingerprint density at radius 3 is 2.56 bits per heavy atom. The third-order valence-corrected chi connectivity index (χ3v) is 3.32. The SMILES string of the molecule is O=C(O)CCNC(=O)CCCSc1ccccc1. The van der Waals surface area contributed by atoms with Crippen molar-refractivity contribution < 1.29 is 14.7 Å². The Kier molecular flexibility index (Phi) is 6.94. The molecule has 0 saturated heterocycles. The van der Waals surface area contributed by atoms with Gasteiger partial charge < -0.3 is 10.4 Å². The standard InChI is InChI=1S/C13H17NO3S/c15-12(14-9-8-13(16)17)7-4-10-18-11-5-2-1-3-6-11/h1-3,5-6H,4,7-10H2,(H,14,15)(H,16,17). The molecule has 0 unspecified atom stereocenters. The summed E-state index contributed by atoms with van der Waals surface area (Å²) in [7, 11) is 0. The van der Waals surface area contributed by atoms with Crippen LogP contribution in [0.15, 0.2) is 35.2 Å². The summed E-state index contributed by atoms with van der Waals surface area (Å²) in [4.78, 5) is 22.8. The number of carboxylic acid groups (broad SMARTS) is 1. The topological polar surface area (TPSA) is 66.4 Å². The number of hydrogen-bond acceptors (Lipinski definition) is 3. The monoisotopic (exact) mass is 267 g/mol. The van der Waals surface area contributed by atoms with Gasteiger partial charge in [0.05, 0.1) is 6.42 Å². The van der Waals surface area contributed by atoms with E-state index in [9.17, 15) is 9.59 Å². The lowest BCUT2D eigenvalue weighted by Gasteiger charge is -2.03. The summed E-state index contributed by atoms with van der Waals surface area (Å²) in [6.07, 6.45) is 1.21. The highest BCUT2D eigenvalue weighted by molar-refractivity contribution is 7.99. The van der Waals surface area contributed by atoms with Gasteiger partial charge in [-0.2, -0.15) is 0 Å². The van der Waals surface area contributed by atoms with Crippen molar-refractivity contribution in [1.82, 2.24) is 5.32 Å². The van der Waals surface area contributed by atoms with Crippen molar-refractivity contribution in [2.45, 2.75) is 24.2 Å². The first-order valence-electron chi connectivity index (χ1n) is 5.85. The second-order valence-electron chi connectivity index (χ2n) is 3.76. The molecule has 0 spiro atoms. The Balaban J connectivity index is 2.04. The summed E-state index contributed by atoms with van der Waals surface area (Å²) in [5.74, 6) is -0.0871. The molecule has 18 heavy (non-hydrogen) atoms. The minimum Gasteiger partial charge on any atom is -0.481 e. The first-order chi connectivity index (χ1) is 8.68. The van der Waals surface area contributed by atoms with Gasteiger partial charge in [0.25, 0.3) is 0 Å². The Labute approximate surface area is 111 Å². The van der Waals surface area contributed by atoms with Crippen LogP contribution in [-0.2, 0) is 9.59 Å². The van der Waals surface area contributed by atoms with Gasteiger partial charge in [-0.05, 0) is 24.3 Å². The molecule has 0 saturated carbocycles. The molecule has 0 fully saturated rings. The summed E-state index contributed by atoms with van der Waals surface area (Å²) in [6, 6.07) is 10.0. The first-order valence-corrected chi connectivity index (χ1v) is 6.83. The van der Waals surface area contributed by atoms with E-state index in [-0.39, 0.29) is 18.9 Å². The number of rotatable bonds is 8. The Morgan fingerprint density at radius 1 is 1.17 bits per heavy atom. The quantitative estimate of drug-likeness (QED) is 0.559. The van der Waals surface area contributed by atoms with Gasteiger partial charge in [-0.25, -0.2) is 0 Å². The average Bonchev–Trinajstić information content (AvgIpc) is 2.35. The van der Waals surface area contributed by atoms with Crippen LogP contribution >= 0.6 is 11.8 Å².